The second-order valence-electron chi connectivity index (χ2n) is 8.49. The van der Waals surface area contributed by atoms with E-state index in [2.05, 4.69) is 16.5 Å². The van der Waals surface area contributed by atoms with Crippen molar-refractivity contribution < 1.29 is 9.59 Å². The van der Waals surface area contributed by atoms with Gasteiger partial charge in [0.25, 0.3) is 5.91 Å². The molecule has 3 aromatic carbocycles. The fraction of sp³-hybridized carbons (Fsp3) is 0.214. The molecule has 7 nitrogen and oxygen atoms in total. The summed E-state index contributed by atoms with van der Waals surface area (Å²) in [5.41, 5.74) is 3.27. The van der Waals surface area contributed by atoms with Crippen LogP contribution < -0.4 is 10.2 Å². The monoisotopic (exact) mass is 499 g/mol. The maximum Gasteiger partial charge on any atom is 0.252 e. The number of halogens is 1. The Balaban J connectivity index is 1.61. The molecule has 2 amide bonds. The molecule has 4 rings (SSSR count). The SMILES string of the molecule is Cc1cccc(NC(=O)CC(=O)N2N=C(N(CCC#N)c3ccccc3Cl)CC2c2ccccc2)c1. The molecule has 8 heteroatoms. The Morgan fingerprint density at radius 2 is 1.86 bits per heavy atom. The van der Waals surface area contributed by atoms with Crippen molar-refractivity contribution in [3.8, 4) is 6.07 Å². The van der Waals surface area contributed by atoms with Gasteiger partial charge in [-0.2, -0.15) is 10.4 Å². The molecular formula is C28H26ClN5O2. The molecule has 0 saturated heterocycles. The van der Waals surface area contributed by atoms with Gasteiger partial charge in [-0.1, -0.05) is 66.2 Å². The van der Waals surface area contributed by atoms with Crippen LogP contribution in [0.1, 0.15) is 36.4 Å². The van der Waals surface area contributed by atoms with E-state index in [1.165, 1.54) is 5.01 Å². The summed E-state index contributed by atoms with van der Waals surface area (Å²) in [7, 11) is 0. The molecular weight excluding hydrogens is 474 g/mol. The minimum absolute atomic E-state index is 0.257. The smallest absolute Gasteiger partial charge is 0.252 e. The van der Waals surface area contributed by atoms with Crippen LogP contribution in [0.3, 0.4) is 0 Å². The van der Waals surface area contributed by atoms with Crippen LogP contribution in [0, 0.1) is 18.3 Å². The van der Waals surface area contributed by atoms with Gasteiger partial charge in [0.05, 0.1) is 29.2 Å². The van der Waals surface area contributed by atoms with Crippen LogP contribution in [0.15, 0.2) is 84.0 Å². The van der Waals surface area contributed by atoms with Crippen LogP contribution >= 0.6 is 11.6 Å². The summed E-state index contributed by atoms with van der Waals surface area (Å²) in [6, 6.07) is 26.1. The summed E-state index contributed by atoms with van der Waals surface area (Å²) in [6.45, 7) is 2.30. The minimum atomic E-state index is -0.414. The van der Waals surface area contributed by atoms with Gasteiger partial charge in [-0.05, 0) is 42.3 Å². The number of benzene rings is 3. The van der Waals surface area contributed by atoms with Gasteiger partial charge in [0.2, 0.25) is 5.91 Å². The third-order valence-corrected chi connectivity index (χ3v) is 6.17. The van der Waals surface area contributed by atoms with Crippen molar-refractivity contribution >= 4 is 40.6 Å². The summed E-state index contributed by atoms with van der Waals surface area (Å²) in [4.78, 5) is 27.9. The molecule has 0 spiro atoms. The Kier molecular flexibility index (Phi) is 7.99. The van der Waals surface area contributed by atoms with E-state index in [0.29, 0.717) is 35.2 Å². The number of carbonyl (C=O) groups is 2. The molecule has 1 aliphatic heterocycles. The molecule has 0 aromatic heterocycles. The van der Waals surface area contributed by atoms with Gasteiger partial charge in [-0.25, -0.2) is 5.01 Å². The Morgan fingerprint density at radius 3 is 2.58 bits per heavy atom. The molecule has 1 heterocycles. The van der Waals surface area contributed by atoms with Gasteiger partial charge in [0, 0.05) is 18.7 Å². The zero-order valence-electron chi connectivity index (χ0n) is 19.9. The molecule has 1 aliphatic rings. The van der Waals surface area contributed by atoms with Crippen LogP contribution in [0.4, 0.5) is 11.4 Å². The normalized spacial score (nSPS) is 14.6. The van der Waals surface area contributed by atoms with Crippen LogP contribution in [0.2, 0.25) is 5.02 Å². The number of hydrazone groups is 1. The minimum Gasteiger partial charge on any atom is -0.326 e. The van der Waals surface area contributed by atoms with E-state index in [9.17, 15) is 14.9 Å². The first-order chi connectivity index (χ1) is 17.5. The van der Waals surface area contributed by atoms with Gasteiger partial charge in [0.15, 0.2) is 0 Å². The molecule has 182 valence electrons. The number of amides is 2. The Bertz CT molecular complexity index is 1320. The van der Waals surface area contributed by atoms with Crippen LogP contribution in [0.5, 0.6) is 0 Å². The zero-order chi connectivity index (χ0) is 25.5. The number of hydrogen-bond acceptors (Lipinski definition) is 5. The first-order valence-electron chi connectivity index (χ1n) is 11.7. The highest BCUT2D eigenvalue weighted by atomic mass is 35.5. The van der Waals surface area contributed by atoms with E-state index in [4.69, 9.17) is 11.6 Å². The number of anilines is 2. The number of rotatable bonds is 7. The number of carbonyl (C=O) groups excluding carboxylic acids is 2. The largest absolute Gasteiger partial charge is 0.326 e. The van der Waals surface area contributed by atoms with Crippen molar-refractivity contribution in [3.63, 3.8) is 0 Å². The lowest BCUT2D eigenvalue weighted by molar-refractivity contribution is -0.136. The third-order valence-electron chi connectivity index (χ3n) is 5.85. The van der Waals surface area contributed by atoms with Crippen LogP contribution in [0.25, 0.3) is 0 Å². The highest BCUT2D eigenvalue weighted by Crippen LogP contribution is 2.35. The van der Waals surface area contributed by atoms with E-state index in [0.717, 1.165) is 11.1 Å². The topological polar surface area (TPSA) is 88.8 Å². The van der Waals surface area contributed by atoms with E-state index in [1.54, 1.807) is 12.1 Å². The van der Waals surface area contributed by atoms with E-state index < -0.39 is 11.8 Å². The Morgan fingerprint density at radius 1 is 1.11 bits per heavy atom. The molecule has 1 atom stereocenters. The number of amidine groups is 1. The van der Waals surface area contributed by atoms with E-state index in [1.807, 2.05) is 78.6 Å². The molecule has 0 radical (unpaired) electrons. The average Bonchev–Trinajstić information content (AvgIpc) is 3.31. The van der Waals surface area contributed by atoms with Gasteiger partial charge >= 0.3 is 0 Å². The quantitative estimate of drug-likeness (QED) is 0.423. The lowest BCUT2D eigenvalue weighted by Gasteiger charge is -2.24. The van der Waals surface area contributed by atoms with Crippen molar-refractivity contribution in [2.45, 2.75) is 32.2 Å². The number of nitrogens with one attached hydrogen (secondary N) is 1. The van der Waals surface area contributed by atoms with Crippen molar-refractivity contribution in [2.24, 2.45) is 5.10 Å². The van der Waals surface area contributed by atoms with Gasteiger partial charge < -0.3 is 10.2 Å². The molecule has 0 saturated carbocycles. The number of nitriles is 1. The van der Waals surface area contributed by atoms with Crippen molar-refractivity contribution in [2.75, 3.05) is 16.8 Å². The standard InChI is InChI=1S/C28H26ClN5O2/c1-20-9-7-12-22(17-20)31-27(35)19-28(36)34-25(21-10-3-2-4-11-21)18-26(32-34)33(16-8-15-30)24-14-6-5-13-23(24)29/h2-7,9-14,17,25H,8,16,18-19H2,1H3,(H,31,35). The Labute approximate surface area is 215 Å². The number of nitrogens with zero attached hydrogens (tertiary/aromatic N) is 4. The van der Waals surface area contributed by atoms with E-state index in [-0.39, 0.29) is 18.9 Å². The third kappa shape index (κ3) is 5.91. The molecule has 0 bridgehead atoms. The lowest BCUT2D eigenvalue weighted by atomic mass is 10.0. The lowest BCUT2D eigenvalue weighted by Crippen LogP contribution is -2.31. The fourth-order valence-corrected chi connectivity index (χ4v) is 4.43. The molecule has 1 unspecified atom stereocenters. The number of aryl methyl sites for hydroxylation is 1. The summed E-state index contributed by atoms with van der Waals surface area (Å²) in [5, 5.41) is 18.6. The van der Waals surface area contributed by atoms with Gasteiger partial charge in [-0.3, -0.25) is 9.59 Å². The van der Waals surface area contributed by atoms with Crippen LogP contribution in [-0.4, -0.2) is 29.2 Å². The van der Waals surface area contributed by atoms with Crippen molar-refractivity contribution in [1.82, 2.24) is 5.01 Å². The second-order valence-corrected chi connectivity index (χ2v) is 8.90. The molecule has 0 aliphatic carbocycles. The highest BCUT2D eigenvalue weighted by molar-refractivity contribution is 6.34. The summed E-state index contributed by atoms with van der Waals surface area (Å²) in [6.07, 6.45) is 0.331. The molecule has 0 fully saturated rings. The zero-order valence-corrected chi connectivity index (χ0v) is 20.7. The predicted molar refractivity (Wildman–Crippen MR) is 142 cm³/mol. The maximum absolute atomic E-state index is 13.3. The maximum atomic E-state index is 13.3. The van der Waals surface area contributed by atoms with Gasteiger partial charge in [0.1, 0.15) is 12.3 Å². The first-order valence-corrected chi connectivity index (χ1v) is 12.0. The Hall–Kier alpha value is -4.15. The van der Waals surface area contributed by atoms with Crippen LogP contribution in [-0.2, 0) is 9.59 Å². The second kappa shape index (κ2) is 11.5. The van der Waals surface area contributed by atoms with E-state index >= 15 is 0 Å². The van der Waals surface area contributed by atoms with Gasteiger partial charge in [-0.15, -0.1) is 0 Å². The molecule has 1 N–H and O–H groups in total. The predicted octanol–water partition coefficient (Wildman–Crippen LogP) is 5.68. The first kappa shape index (κ1) is 25.0. The fourth-order valence-electron chi connectivity index (χ4n) is 4.19. The van der Waals surface area contributed by atoms with Crippen molar-refractivity contribution in [3.05, 3.63) is 95.0 Å². The highest BCUT2D eigenvalue weighted by Gasteiger charge is 2.36. The number of hydrogen-bond donors (Lipinski definition) is 1. The van der Waals surface area contributed by atoms with Crippen molar-refractivity contribution in [1.29, 1.82) is 5.26 Å². The number of para-hydroxylation sites is 1. The molecule has 36 heavy (non-hydrogen) atoms. The summed E-state index contributed by atoms with van der Waals surface area (Å²) >= 11 is 6.47. The molecule has 3 aromatic rings. The summed E-state index contributed by atoms with van der Waals surface area (Å²) < 4.78 is 0. The average molecular weight is 500 g/mol. The summed E-state index contributed by atoms with van der Waals surface area (Å²) in [5.74, 6) is -0.212.